The predicted molar refractivity (Wildman–Crippen MR) is 88.5 cm³/mol. The maximum absolute atomic E-state index is 5.73. The van der Waals surface area contributed by atoms with Gasteiger partial charge in [0.05, 0.1) is 12.2 Å². The van der Waals surface area contributed by atoms with Gasteiger partial charge in [0.1, 0.15) is 0 Å². The van der Waals surface area contributed by atoms with Gasteiger partial charge in [-0.05, 0) is 52.8 Å². The summed E-state index contributed by atoms with van der Waals surface area (Å²) in [4.78, 5) is 0. The first kappa shape index (κ1) is 15.0. The van der Waals surface area contributed by atoms with Crippen molar-refractivity contribution in [3.63, 3.8) is 0 Å². The Balaban J connectivity index is 2.35. The molecule has 0 fully saturated rings. The summed E-state index contributed by atoms with van der Waals surface area (Å²) in [5.41, 5.74) is 5.06. The zero-order valence-corrected chi connectivity index (χ0v) is 14.3. The second-order valence-corrected chi connectivity index (χ2v) is 6.40. The van der Waals surface area contributed by atoms with Gasteiger partial charge in [-0.2, -0.15) is 5.10 Å². The SMILES string of the molecule is CCCn1cc(C(NN)c2cc(I)ccc2Br)cn1. The third-order valence-corrected chi connectivity index (χ3v) is 4.27. The van der Waals surface area contributed by atoms with E-state index in [4.69, 9.17) is 5.84 Å². The predicted octanol–water partition coefficient (Wildman–Crippen LogP) is 3.21. The minimum absolute atomic E-state index is 0.0605. The maximum atomic E-state index is 5.73. The highest BCUT2D eigenvalue weighted by molar-refractivity contribution is 14.1. The van der Waals surface area contributed by atoms with E-state index < -0.39 is 0 Å². The number of hydrogen-bond donors (Lipinski definition) is 2. The normalized spacial score (nSPS) is 12.6. The van der Waals surface area contributed by atoms with Crippen LogP contribution >= 0.6 is 38.5 Å². The van der Waals surface area contributed by atoms with Crippen LogP contribution in [0.25, 0.3) is 0 Å². The van der Waals surface area contributed by atoms with E-state index in [0.29, 0.717) is 0 Å². The number of rotatable bonds is 5. The van der Waals surface area contributed by atoms with Crippen molar-refractivity contribution in [3.8, 4) is 0 Å². The molecule has 1 heterocycles. The van der Waals surface area contributed by atoms with Crippen molar-refractivity contribution in [3.05, 3.63) is 49.8 Å². The van der Waals surface area contributed by atoms with E-state index in [1.807, 2.05) is 23.1 Å². The molecule has 1 aromatic heterocycles. The van der Waals surface area contributed by atoms with Crippen molar-refractivity contribution in [1.29, 1.82) is 0 Å². The Kier molecular flexibility index (Phi) is 5.37. The molecule has 3 N–H and O–H groups in total. The van der Waals surface area contributed by atoms with Crippen LogP contribution in [0.3, 0.4) is 0 Å². The van der Waals surface area contributed by atoms with E-state index in [1.165, 1.54) is 3.57 Å². The van der Waals surface area contributed by atoms with Gasteiger partial charge in [-0.25, -0.2) is 5.43 Å². The molecule has 0 radical (unpaired) electrons. The van der Waals surface area contributed by atoms with Crippen LogP contribution in [0.4, 0.5) is 0 Å². The molecule has 4 nitrogen and oxygen atoms in total. The van der Waals surface area contributed by atoms with Crippen LogP contribution < -0.4 is 11.3 Å². The van der Waals surface area contributed by atoms with Gasteiger partial charge in [0.25, 0.3) is 0 Å². The van der Waals surface area contributed by atoms with Crippen LogP contribution in [-0.4, -0.2) is 9.78 Å². The third kappa shape index (κ3) is 3.56. The number of halogens is 2. The molecule has 0 bridgehead atoms. The van der Waals surface area contributed by atoms with Gasteiger partial charge in [-0.1, -0.05) is 22.9 Å². The van der Waals surface area contributed by atoms with E-state index in [1.54, 1.807) is 0 Å². The van der Waals surface area contributed by atoms with Crippen LogP contribution in [0, 0.1) is 3.57 Å². The minimum Gasteiger partial charge on any atom is -0.272 e. The highest BCUT2D eigenvalue weighted by Gasteiger charge is 2.17. The molecule has 19 heavy (non-hydrogen) atoms. The fraction of sp³-hybridized carbons (Fsp3) is 0.308. The van der Waals surface area contributed by atoms with Crippen molar-refractivity contribution < 1.29 is 0 Å². The summed E-state index contributed by atoms with van der Waals surface area (Å²) in [5, 5.41) is 4.36. The Bertz CT molecular complexity index is 555. The molecule has 0 aliphatic rings. The van der Waals surface area contributed by atoms with Gasteiger partial charge in [0.15, 0.2) is 0 Å². The Hall–Kier alpha value is -0.440. The molecule has 1 aromatic carbocycles. The van der Waals surface area contributed by atoms with E-state index in [-0.39, 0.29) is 6.04 Å². The van der Waals surface area contributed by atoms with E-state index in [0.717, 1.165) is 28.6 Å². The smallest absolute Gasteiger partial charge is 0.0751 e. The number of aryl methyl sites for hydroxylation is 1. The van der Waals surface area contributed by atoms with Crippen molar-refractivity contribution in [1.82, 2.24) is 15.2 Å². The molecular weight excluding hydrogens is 419 g/mol. The third-order valence-electron chi connectivity index (χ3n) is 2.87. The molecule has 0 amide bonds. The fourth-order valence-corrected chi connectivity index (χ4v) is 2.97. The first-order chi connectivity index (χ1) is 9.15. The zero-order valence-electron chi connectivity index (χ0n) is 10.6. The number of aromatic nitrogens is 2. The van der Waals surface area contributed by atoms with Crippen molar-refractivity contribution in [2.45, 2.75) is 25.9 Å². The second-order valence-electron chi connectivity index (χ2n) is 4.30. The number of nitrogens with two attached hydrogens (primary N) is 1. The second kappa shape index (κ2) is 6.83. The first-order valence-corrected chi connectivity index (χ1v) is 7.96. The molecule has 0 aliphatic heterocycles. The molecule has 102 valence electrons. The number of hydrogen-bond acceptors (Lipinski definition) is 3. The summed E-state index contributed by atoms with van der Waals surface area (Å²) >= 11 is 5.88. The average molecular weight is 435 g/mol. The molecule has 1 atom stereocenters. The molecule has 6 heteroatoms. The summed E-state index contributed by atoms with van der Waals surface area (Å²) in [7, 11) is 0. The van der Waals surface area contributed by atoms with Crippen LogP contribution in [0.1, 0.15) is 30.5 Å². The van der Waals surface area contributed by atoms with Crippen molar-refractivity contribution in [2.75, 3.05) is 0 Å². The number of hydrazine groups is 1. The van der Waals surface area contributed by atoms with Crippen LogP contribution in [0.2, 0.25) is 0 Å². The van der Waals surface area contributed by atoms with Crippen molar-refractivity contribution in [2.24, 2.45) is 5.84 Å². The first-order valence-electron chi connectivity index (χ1n) is 6.09. The highest BCUT2D eigenvalue weighted by atomic mass is 127. The molecule has 0 saturated carbocycles. The number of benzene rings is 1. The zero-order chi connectivity index (χ0) is 13.8. The summed E-state index contributed by atoms with van der Waals surface area (Å²) in [6, 6.07) is 6.15. The molecule has 0 spiro atoms. The summed E-state index contributed by atoms with van der Waals surface area (Å²) < 4.78 is 4.16. The lowest BCUT2D eigenvalue weighted by Crippen LogP contribution is -2.29. The van der Waals surface area contributed by atoms with Gasteiger partial charge < -0.3 is 0 Å². The number of nitrogens with one attached hydrogen (secondary N) is 1. The lowest BCUT2D eigenvalue weighted by molar-refractivity contribution is 0.597. The summed E-state index contributed by atoms with van der Waals surface area (Å²) in [5.74, 6) is 5.73. The molecule has 1 unspecified atom stereocenters. The summed E-state index contributed by atoms with van der Waals surface area (Å²) in [6.45, 7) is 3.06. The quantitative estimate of drug-likeness (QED) is 0.431. The van der Waals surface area contributed by atoms with Crippen LogP contribution in [0.15, 0.2) is 35.1 Å². The Morgan fingerprint density at radius 3 is 3.00 bits per heavy atom. The van der Waals surface area contributed by atoms with Gasteiger partial charge in [-0.3, -0.25) is 10.5 Å². The molecule has 2 aromatic rings. The molecular formula is C13H16BrIN4. The van der Waals surface area contributed by atoms with Crippen LogP contribution in [-0.2, 0) is 6.54 Å². The standard InChI is InChI=1S/C13H16BrIN4/c1-2-5-19-8-9(7-17-19)13(18-16)11-6-10(15)3-4-12(11)14/h3-4,6-8,13,18H,2,5,16H2,1H3. The molecule has 2 rings (SSSR count). The van der Waals surface area contributed by atoms with E-state index in [2.05, 4.69) is 68.1 Å². The Morgan fingerprint density at radius 2 is 2.32 bits per heavy atom. The largest absolute Gasteiger partial charge is 0.272 e. The van der Waals surface area contributed by atoms with Gasteiger partial charge in [0, 0.05) is 26.3 Å². The highest BCUT2D eigenvalue weighted by Crippen LogP contribution is 2.29. The maximum Gasteiger partial charge on any atom is 0.0751 e. The minimum atomic E-state index is -0.0605. The van der Waals surface area contributed by atoms with Gasteiger partial charge >= 0.3 is 0 Å². The van der Waals surface area contributed by atoms with E-state index in [9.17, 15) is 0 Å². The monoisotopic (exact) mass is 434 g/mol. The van der Waals surface area contributed by atoms with Gasteiger partial charge in [0.2, 0.25) is 0 Å². The lowest BCUT2D eigenvalue weighted by atomic mass is 10.0. The summed E-state index contributed by atoms with van der Waals surface area (Å²) in [6.07, 6.45) is 4.97. The molecule has 0 aliphatic carbocycles. The van der Waals surface area contributed by atoms with Crippen LogP contribution in [0.5, 0.6) is 0 Å². The topological polar surface area (TPSA) is 55.9 Å². The average Bonchev–Trinajstić information content (AvgIpc) is 2.83. The van der Waals surface area contributed by atoms with Crippen molar-refractivity contribution >= 4 is 38.5 Å². The number of nitrogens with zero attached hydrogens (tertiary/aromatic N) is 2. The fourth-order valence-electron chi connectivity index (χ4n) is 1.98. The Morgan fingerprint density at radius 1 is 1.53 bits per heavy atom. The lowest BCUT2D eigenvalue weighted by Gasteiger charge is -2.16. The molecule has 0 saturated heterocycles. The van der Waals surface area contributed by atoms with Gasteiger partial charge in [-0.15, -0.1) is 0 Å². The Labute approximate surface area is 135 Å². The van der Waals surface area contributed by atoms with E-state index >= 15 is 0 Å².